The maximum absolute atomic E-state index is 12.1. The highest BCUT2D eigenvalue weighted by Crippen LogP contribution is 2.17. The molecule has 1 amide bonds. The molecule has 0 fully saturated rings. The molecule has 156 valence electrons. The van der Waals surface area contributed by atoms with Crippen molar-refractivity contribution in [3.63, 3.8) is 0 Å². The molecule has 0 heterocycles. The van der Waals surface area contributed by atoms with Crippen LogP contribution in [0.3, 0.4) is 0 Å². The molecular formula is C27H27N3O. The Labute approximate surface area is 184 Å². The van der Waals surface area contributed by atoms with E-state index in [0.717, 1.165) is 22.3 Å². The lowest BCUT2D eigenvalue weighted by molar-refractivity contribution is -0.111. The number of allylic oxidation sites excluding steroid dienone is 1. The Kier molecular flexibility index (Phi) is 7.55. The molecule has 31 heavy (non-hydrogen) atoms. The van der Waals surface area contributed by atoms with E-state index in [1.807, 2.05) is 78.6 Å². The minimum atomic E-state index is -0.587. The lowest BCUT2D eigenvalue weighted by Gasteiger charge is -2.25. The third-order valence-corrected chi connectivity index (χ3v) is 4.88. The molecule has 4 nitrogen and oxygen atoms in total. The van der Waals surface area contributed by atoms with Gasteiger partial charge < -0.3 is 10.6 Å². The molecule has 2 N–H and O–H groups in total. The van der Waals surface area contributed by atoms with Crippen molar-refractivity contribution in [2.45, 2.75) is 20.0 Å². The molecule has 0 saturated heterocycles. The van der Waals surface area contributed by atoms with Crippen LogP contribution in [0.1, 0.15) is 23.6 Å². The number of hydrogen-bond donors (Lipinski definition) is 1. The summed E-state index contributed by atoms with van der Waals surface area (Å²) < 4.78 is 0. The molecule has 0 atom stereocenters. The van der Waals surface area contributed by atoms with Crippen LogP contribution < -0.4 is 5.73 Å². The van der Waals surface area contributed by atoms with Crippen LogP contribution in [-0.2, 0) is 17.9 Å². The van der Waals surface area contributed by atoms with Crippen LogP contribution in [0.5, 0.6) is 0 Å². The average Bonchev–Trinajstić information content (AvgIpc) is 2.80. The summed E-state index contributed by atoms with van der Waals surface area (Å²) >= 11 is 0. The number of nitrogens with two attached hydrogens (primary N) is 1. The van der Waals surface area contributed by atoms with Gasteiger partial charge in [-0.05, 0) is 35.3 Å². The van der Waals surface area contributed by atoms with Crippen molar-refractivity contribution in [2.75, 3.05) is 0 Å². The summed E-state index contributed by atoms with van der Waals surface area (Å²) in [5.41, 5.74) is 10.00. The number of nitrogens with zero attached hydrogens (tertiary/aromatic N) is 2. The van der Waals surface area contributed by atoms with Gasteiger partial charge in [-0.15, -0.1) is 0 Å². The average molecular weight is 410 g/mol. The fourth-order valence-electron chi connectivity index (χ4n) is 3.20. The second-order valence-corrected chi connectivity index (χ2v) is 7.30. The molecule has 0 saturated carbocycles. The lowest BCUT2D eigenvalue weighted by atomic mass is 10.1. The van der Waals surface area contributed by atoms with Gasteiger partial charge in [0.15, 0.2) is 0 Å². The number of carbonyl (C=O) groups excluding carboxylic acids is 1. The number of carbonyl (C=O) groups is 1. The summed E-state index contributed by atoms with van der Waals surface area (Å²) in [5, 5.41) is 0. The Hall–Kier alpha value is -3.92. The van der Waals surface area contributed by atoms with Crippen molar-refractivity contribution in [1.82, 2.24) is 4.90 Å². The van der Waals surface area contributed by atoms with Crippen LogP contribution in [0.25, 0.3) is 5.57 Å². The molecule has 3 aromatic rings. The van der Waals surface area contributed by atoms with E-state index in [4.69, 9.17) is 5.73 Å². The molecule has 0 radical (unpaired) electrons. The van der Waals surface area contributed by atoms with Crippen molar-refractivity contribution in [2.24, 2.45) is 10.7 Å². The number of rotatable bonds is 9. The Bertz CT molecular complexity index is 1030. The fraction of sp³-hybridized carbons (Fsp3) is 0.111. The van der Waals surface area contributed by atoms with Crippen LogP contribution in [0.4, 0.5) is 0 Å². The molecule has 3 aromatic carbocycles. The van der Waals surface area contributed by atoms with E-state index in [1.54, 1.807) is 6.08 Å². The smallest absolute Gasteiger partial charge is 0.267 e. The van der Waals surface area contributed by atoms with Gasteiger partial charge in [-0.3, -0.25) is 4.79 Å². The van der Waals surface area contributed by atoms with Crippen molar-refractivity contribution in [1.29, 1.82) is 0 Å². The van der Waals surface area contributed by atoms with Gasteiger partial charge in [-0.2, -0.15) is 0 Å². The minimum Gasteiger partial charge on any atom is -0.364 e. The topological polar surface area (TPSA) is 58.7 Å². The number of benzene rings is 3. The first-order valence-electron chi connectivity index (χ1n) is 10.2. The van der Waals surface area contributed by atoms with E-state index in [-0.39, 0.29) is 5.71 Å². The normalized spacial score (nSPS) is 11.8. The van der Waals surface area contributed by atoms with E-state index in [9.17, 15) is 4.79 Å². The van der Waals surface area contributed by atoms with Crippen molar-refractivity contribution >= 4 is 17.2 Å². The number of hydrogen-bond acceptors (Lipinski definition) is 3. The standard InChI is InChI=1S/C27H27N3O/c1-21(25-16-10-5-11-17-25)18-26(27(28)31)29-22(2)30(19-23-12-6-3-7-13-23)20-24-14-8-4-9-15-24/h3-18H,2,19-20H2,1H3,(H2,28,31)/b21-18+,29-26+. The third kappa shape index (κ3) is 6.54. The highest BCUT2D eigenvalue weighted by molar-refractivity contribution is 6.44. The maximum atomic E-state index is 12.1. The van der Waals surface area contributed by atoms with Gasteiger partial charge in [0.25, 0.3) is 5.91 Å². The van der Waals surface area contributed by atoms with Gasteiger partial charge in [0, 0.05) is 13.1 Å². The van der Waals surface area contributed by atoms with Gasteiger partial charge >= 0.3 is 0 Å². The second kappa shape index (κ2) is 10.7. The zero-order valence-corrected chi connectivity index (χ0v) is 17.7. The second-order valence-electron chi connectivity index (χ2n) is 7.30. The number of primary amides is 1. The van der Waals surface area contributed by atoms with Gasteiger partial charge in [0.1, 0.15) is 11.5 Å². The highest BCUT2D eigenvalue weighted by Gasteiger charge is 2.12. The summed E-state index contributed by atoms with van der Waals surface area (Å²) in [6.07, 6.45) is 1.71. The zero-order chi connectivity index (χ0) is 22.1. The fourth-order valence-corrected chi connectivity index (χ4v) is 3.20. The molecule has 3 rings (SSSR count). The summed E-state index contributed by atoms with van der Waals surface area (Å²) in [6, 6.07) is 30.0. The van der Waals surface area contributed by atoms with E-state index < -0.39 is 5.91 Å². The van der Waals surface area contributed by atoms with E-state index in [1.165, 1.54) is 0 Å². The first-order valence-corrected chi connectivity index (χ1v) is 10.2. The number of amides is 1. The molecule has 0 aromatic heterocycles. The Balaban J connectivity index is 1.90. The summed E-state index contributed by atoms with van der Waals surface area (Å²) in [5.74, 6) is -0.102. The van der Waals surface area contributed by atoms with Crippen LogP contribution in [0.15, 0.2) is 114 Å². The van der Waals surface area contributed by atoms with Gasteiger partial charge in [-0.1, -0.05) is 97.6 Å². The zero-order valence-electron chi connectivity index (χ0n) is 17.7. The van der Waals surface area contributed by atoms with E-state index >= 15 is 0 Å². The lowest BCUT2D eigenvalue weighted by Crippen LogP contribution is -2.25. The first kappa shape index (κ1) is 21.8. The predicted octanol–water partition coefficient (Wildman–Crippen LogP) is 5.19. The summed E-state index contributed by atoms with van der Waals surface area (Å²) in [7, 11) is 0. The van der Waals surface area contributed by atoms with E-state index in [0.29, 0.717) is 18.9 Å². The summed E-state index contributed by atoms with van der Waals surface area (Å²) in [6.45, 7) is 7.32. The van der Waals surface area contributed by atoms with Gasteiger partial charge in [0.2, 0.25) is 0 Å². The van der Waals surface area contributed by atoms with Crippen LogP contribution >= 0.6 is 0 Å². The monoisotopic (exact) mass is 409 g/mol. The molecule has 0 aliphatic carbocycles. The SMILES string of the molecule is C=C(/N=C(\C=C(/C)c1ccccc1)C(N)=O)N(Cc1ccccc1)Cc1ccccc1. The molecule has 0 aliphatic rings. The Morgan fingerprint density at radius 3 is 1.77 bits per heavy atom. The molecule has 0 spiro atoms. The van der Waals surface area contributed by atoms with E-state index in [2.05, 4.69) is 35.8 Å². The summed E-state index contributed by atoms with van der Waals surface area (Å²) in [4.78, 5) is 18.7. The highest BCUT2D eigenvalue weighted by atomic mass is 16.1. The molecule has 0 aliphatic heterocycles. The first-order chi connectivity index (χ1) is 15.0. The largest absolute Gasteiger partial charge is 0.364 e. The van der Waals surface area contributed by atoms with Gasteiger partial charge in [-0.25, -0.2) is 4.99 Å². The van der Waals surface area contributed by atoms with Crippen molar-refractivity contribution in [3.8, 4) is 0 Å². The molecule has 4 heteroatoms. The molecular weight excluding hydrogens is 382 g/mol. The quantitative estimate of drug-likeness (QED) is 0.495. The van der Waals surface area contributed by atoms with Crippen molar-refractivity contribution in [3.05, 3.63) is 126 Å². The van der Waals surface area contributed by atoms with Crippen LogP contribution in [0.2, 0.25) is 0 Å². The minimum absolute atomic E-state index is 0.178. The maximum Gasteiger partial charge on any atom is 0.267 e. The van der Waals surface area contributed by atoms with Crippen LogP contribution in [0, 0.1) is 0 Å². The third-order valence-electron chi connectivity index (χ3n) is 4.88. The van der Waals surface area contributed by atoms with Gasteiger partial charge in [0.05, 0.1) is 0 Å². The number of aliphatic imine (C=N–C) groups is 1. The molecule has 0 unspecified atom stereocenters. The Morgan fingerprint density at radius 1 is 0.871 bits per heavy atom. The van der Waals surface area contributed by atoms with Crippen LogP contribution in [-0.4, -0.2) is 16.5 Å². The predicted molar refractivity (Wildman–Crippen MR) is 128 cm³/mol. The van der Waals surface area contributed by atoms with Crippen molar-refractivity contribution < 1.29 is 4.79 Å². The Morgan fingerprint density at radius 2 is 1.32 bits per heavy atom. The molecule has 0 bridgehead atoms.